The Morgan fingerprint density at radius 3 is 2.60 bits per heavy atom. The van der Waals surface area contributed by atoms with Crippen molar-refractivity contribution in [3.05, 3.63) is 63.8 Å². The van der Waals surface area contributed by atoms with E-state index in [0.29, 0.717) is 17.8 Å². The van der Waals surface area contributed by atoms with Crippen LogP contribution in [0.3, 0.4) is 0 Å². The van der Waals surface area contributed by atoms with Gasteiger partial charge in [0.2, 0.25) is 0 Å². The molecule has 0 N–H and O–H groups in total. The summed E-state index contributed by atoms with van der Waals surface area (Å²) in [5.74, 6) is 0.648. The van der Waals surface area contributed by atoms with Crippen LogP contribution in [0, 0.1) is 5.92 Å². The van der Waals surface area contributed by atoms with Crippen molar-refractivity contribution < 1.29 is 0 Å². The molecule has 1 saturated carbocycles. The zero-order valence-electron chi connectivity index (χ0n) is 17.0. The van der Waals surface area contributed by atoms with Crippen LogP contribution >= 0.6 is 0 Å². The lowest BCUT2D eigenvalue weighted by molar-refractivity contribution is 0.247. The minimum absolute atomic E-state index is 0.0593. The Morgan fingerprint density at radius 2 is 1.83 bits per heavy atom. The monoisotopic (exact) mass is 406 g/mol. The van der Waals surface area contributed by atoms with Gasteiger partial charge < -0.3 is 9.47 Å². The average molecular weight is 406 g/mol. The second kappa shape index (κ2) is 8.02. The molecule has 30 heavy (non-hydrogen) atoms. The highest BCUT2D eigenvalue weighted by Gasteiger charge is 2.23. The van der Waals surface area contributed by atoms with Crippen molar-refractivity contribution in [3.8, 4) is 0 Å². The maximum absolute atomic E-state index is 12.7. The summed E-state index contributed by atoms with van der Waals surface area (Å²) in [7, 11) is 0. The summed E-state index contributed by atoms with van der Waals surface area (Å²) < 4.78 is 3.46. The SMILES string of the molecule is O=c1cnccn1CCN1CCN(c2ccc3c(=O)n(CC4CC4)cnc3c2)CC1. The molecule has 3 heterocycles. The molecule has 0 bridgehead atoms. The van der Waals surface area contributed by atoms with Crippen molar-refractivity contribution in [1.82, 2.24) is 24.0 Å². The predicted octanol–water partition coefficient (Wildman–Crippen LogP) is 1.19. The highest BCUT2D eigenvalue weighted by Crippen LogP contribution is 2.30. The first-order valence-corrected chi connectivity index (χ1v) is 10.6. The predicted molar refractivity (Wildman–Crippen MR) is 116 cm³/mol. The molecule has 0 atom stereocenters. The Labute approximate surface area is 174 Å². The van der Waals surface area contributed by atoms with E-state index in [-0.39, 0.29) is 11.1 Å². The van der Waals surface area contributed by atoms with Crippen LogP contribution < -0.4 is 16.0 Å². The Bertz CT molecular complexity index is 1160. The molecule has 8 nitrogen and oxygen atoms in total. The average Bonchev–Trinajstić information content (AvgIpc) is 3.59. The first kappa shape index (κ1) is 19.0. The van der Waals surface area contributed by atoms with E-state index < -0.39 is 0 Å². The molecule has 5 rings (SSSR count). The van der Waals surface area contributed by atoms with Gasteiger partial charge in [-0.15, -0.1) is 0 Å². The van der Waals surface area contributed by atoms with Crippen LogP contribution in [0.4, 0.5) is 5.69 Å². The normalized spacial score (nSPS) is 17.5. The van der Waals surface area contributed by atoms with Gasteiger partial charge in [0.05, 0.1) is 23.4 Å². The van der Waals surface area contributed by atoms with E-state index in [0.717, 1.165) is 50.5 Å². The molecule has 1 saturated heterocycles. The van der Waals surface area contributed by atoms with Crippen LogP contribution in [-0.4, -0.2) is 56.7 Å². The largest absolute Gasteiger partial charge is 0.369 e. The van der Waals surface area contributed by atoms with Gasteiger partial charge in [-0.05, 0) is 37.0 Å². The molecule has 1 aliphatic carbocycles. The second-order valence-corrected chi connectivity index (χ2v) is 8.28. The molecule has 2 aliphatic rings. The standard InChI is InChI=1S/C22H26N6O2/c29-21-14-23-5-6-27(21)12-9-25-7-10-26(11-8-25)18-3-4-19-20(13-18)24-16-28(22(19)30)15-17-1-2-17/h3-6,13-14,16-17H,1-2,7-12,15H2. The number of hydrogen-bond donors (Lipinski definition) is 0. The lowest BCUT2D eigenvalue weighted by atomic mass is 10.2. The zero-order valence-corrected chi connectivity index (χ0v) is 17.0. The second-order valence-electron chi connectivity index (χ2n) is 8.28. The number of piperazine rings is 1. The van der Waals surface area contributed by atoms with Gasteiger partial charge in [0, 0.05) is 63.9 Å². The molecule has 2 fully saturated rings. The Morgan fingerprint density at radius 1 is 1.00 bits per heavy atom. The molecule has 3 aromatic rings. The van der Waals surface area contributed by atoms with Crippen molar-refractivity contribution >= 4 is 16.6 Å². The van der Waals surface area contributed by atoms with Gasteiger partial charge in [-0.2, -0.15) is 0 Å². The van der Waals surface area contributed by atoms with E-state index in [4.69, 9.17) is 0 Å². The quantitative estimate of drug-likeness (QED) is 0.612. The van der Waals surface area contributed by atoms with Gasteiger partial charge in [-0.1, -0.05) is 0 Å². The molecule has 1 aromatic carbocycles. The van der Waals surface area contributed by atoms with Crippen molar-refractivity contribution in [2.75, 3.05) is 37.6 Å². The lowest BCUT2D eigenvalue weighted by Gasteiger charge is -2.36. The molecule has 0 unspecified atom stereocenters. The number of fused-ring (bicyclic) bond motifs is 1. The third-order valence-corrected chi connectivity index (χ3v) is 6.16. The van der Waals surface area contributed by atoms with E-state index in [1.165, 1.54) is 19.0 Å². The Hall–Kier alpha value is -3.00. The number of rotatable bonds is 6. The van der Waals surface area contributed by atoms with Crippen LogP contribution in [0.25, 0.3) is 10.9 Å². The summed E-state index contributed by atoms with van der Waals surface area (Å²) in [5, 5.41) is 0.698. The fourth-order valence-electron chi connectivity index (χ4n) is 4.09. The van der Waals surface area contributed by atoms with Gasteiger partial charge in [0.25, 0.3) is 11.1 Å². The Kier molecular flexibility index (Phi) is 5.08. The molecule has 2 aromatic heterocycles. The minimum atomic E-state index is -0.0593. The van der Waals surface area contributed by atoms with E-state index in [9.17, 15) is 9.59 Å². The molecule has 156 valence electrons. The summed E-state index contributed by atoms with van der Waals surface area (Å²) in [5.41, 5.74) is 1.88. The van der Waals surface area contributed by atoms with Crippen LogP contribution in [0.2, 0.25) is 0 Å². The number of aromatic nitrogens is 4. The molecule has 1 aliphatic heterocycles. The van der Waals surface area contributed by atoms with Crippen LogP contribution in [0.5, 0.6) is 0 Å². The molecule has 0 spiro atoms. The molecular weight excluding hydrogens is 380 g/mol. The van der Waals surface area contributed by atoms with E-state index in [1.54, 1.807) is 27.9 Å². The number of nitrogens with zero attached hydrogens (tertiary/aromatic N) is 6. The van der Waals surface area contributed by atoms with Crippen molar-refractivity contribution in [1.29, 1.82) is 0 Å². The lowest BCUT2D eigenvalue weighted by Crippen LogP contribution is -2.47. The summed E-state index contributed by atoms with van der Waals surface area (Å²) >= 11 is 0. The highest BCUT2D eigenvalue weighted by molar-refractivity contribution is 5.81. The highest BCUT2D eigenvalue weighted by atomic mass is 16.1. The zero-order chi connectivity index (χ0) is 20.5. The first-order chi connectivity index (χ1) is 14.7. The van der Waals surface area contributed by atoms with Crippen LogP contribution in [-0.2, 0) is 13.1 Å². The molecule has 8 heteroatoms. The van der Waals surface area contributed by atoms with Crippen molar-refractivity contribution in [3.63, 3.8) is 0 Å². The van der Waals surface area contributed by atoms with Gasteiger partial charge in [0.15, 0.2) is 0 Å². The molecular formula is C22H26N6O2. The van der Waals surface area contributed by atoms with Gasteiger partial charge in [-0.25, -0.2) is 4.98 Å². The maximum atomic E-state index is 12.7. The third-order valence-electron chi connectivity index (χ3n) is 6.16. The minimum Gasteiger partial charge on any atom is -0.369 e. The van der Waals surface area contributed by atoms with Crippen molar-refractivity contribution in [2.45, 2.75) is 25.9 Å². The Balaban J connectivity index is 1.23. The fourth-order valence-corrected chi connectivity index (χ4v) is 4.09. The number of anilines is 1. The van der Waals surface area contributed by atoms with Crippen LogP contribution in [0.1, 0.15) is 12.8 Å². The number of hydrogen-bond acceptors (Lipinski definition) is 6. The van der Waals surface area contributed by atoms with Gasteiger partial charge >= 0.3 is 0 Å². The first-order valence-electron chi connectivity index (χ1n) is 10.6. The van der Waals surface area contributed by atoms with Crippen molar-refractivity contribution in [2.24, 2.45) is 5.92 Å². The smallest absolute Gasteiger partial charge is 0.269 e. The van der Waals surface area contributed by atoms with E-state index in [2.05, 4.69) is 19.8 Å². The summed E-state index contributed by atoms with van der Waals surface area (Å²) in [4.78, 5) is 37.6. The van der Waals surface area contributed by atoms with Crippen LogP contribution in [0.15, 0.2) is 52.7 Å². The summed E-state index contributed by atoms with van der Waals surface area (Å²) in [6.45, 7) is 6.01. The van der Waals surface area contributed by atoms with E-state index >= 15 is 0 Å². The topological polar surface area (TPSA) is 76.3 Å². The summed E-state index contributed by atoms with van der Waals surface area (Å²) in [6, 6.07) is 6.00. The number of benzene rings is 1. The van der Waals surface area contributed by atoms with Gasteiger partial charge in [0.1, 0.15) is 0 Å². The van der Waals surface area contributed by atoms with Gasteiger partial charge in [-0.3, -0.25) is 24.0 Å². The molecule has 0 amide bonds. The summed E-state index contributed by atoms with van der Waals surface area (Å²) in [6.07, 6.45) is 8.87. The fraction of sp³-hybridized carbons (Fsp3) is 0.455. The third kappa shape index (κ3) is 4.00. The van der Waals surface area contributed by atoms with E-state index in [1.807, 2.05) is 18.2 Å². The maximum Gasteiger partial charge on any atom is 0.269 e. The molecule has 0 radical (unpaired) electrons.